The minimum absolute atomic E-state index is 0.207. The molecule has 0 saturated carbocycles. The highest BCUT2D eigenvalue weighted by atomic mass is 32.1. The quantitative estimate of drug-likeness (QED) is 0.409. The number of fused-ring (bicyclic) bond motifs is 2. The Balaban J connectivity index is 1.65. The van der Waals surface area contributed by atoms with Gasteiger partial charge in [0, 0.05) is 19.2 Å². The van der Waals surface area contributed by atoms with E-state index in [1.54, 1.807) is 22.7 Å². The third kappa shape index (κ3) is 1.73. The fourth-order valence-corrected chi connectivity index (χ4v) is 5.07. The maximum absolute atomic E-state index is 12.3. The molecule has 2 heterocycles. The predicted octanol–water partition coefficient (Wildman–Crippen LogP) is 5.69. The van der Waals surface area contributed by atoms with Crippen LogP contribution in [0.1, 0.15) is 0 Å². The van der Waals surface area contributed by atoms with Gasteiger partial charge in [-0.25, -0.2) is 0 Å². The normalized spacial score (nSPS) is 11.8. The second-order valence-electron chi connectivity index (χ2n) is 5.38. The zero-order valence-electron chi connectivity index (χ0n) is 11.5. The van der Waals surface area contributed by atoms with Gasteiger partial charge in [-0.3, -0.25) is 4.79 Å². The third-order valence-corrected chi connectivity index (χ3v) is 6.25. The second kappa shape index (κ2) is 4.38. The number of hydrogen-bond acceptors (Lipinski definition) is 3. The Morgan fingerprint density at radius 3 is 1.55 bits per heavy atom. The van der Waals surface area contributed by atoms with Gasteiger partial charge in [-0.2, -0.15) is 0 Å². The summed E-state index contributed by atoms with van der Waals surface area (Å²) >= 11 is 3.41. The van der Waals surface area contributed by atoms with Gasteiger partial charge in [-0.1, -0.05) is 36.4 Å². The molecular formula is C19H10OS2. The van der Waals surface area contributed by atoms with Crippen molar-refractivity contribution in [2.24, 2.45) is 0 Å². The molecular weight excluding hydrogens is 308 g/mol. The molecule has 0 amide bonds. The summed E-state index contributed by atoms with van der Waals surface area (Å²) < 4.78 is 2.47. The zero-order valence-corrected chi connectivity index (χ0v) is 13.1. The maximum atomic E-state index is 12.3. The van der Waals surface area contributed by atoms with Crippen LogP contribution in [0, 0.1) is 0 Å². The molecule has 0 spiro atoms. The van der Waals surface area contributed by atoms with Crippen LogP contribution >= 0.6 is 22.7 Å². The molecule has 0 fully saturated rings. The summed E-state index contributed by atoms with van der Waals surface area (Å²) in [7, 11) is 0. The van der Waals surface area contributed by atoms with Gasteiger partial charge in [0.05, 0.1) is 11.1 Å². The number of hydrogen-bond donors (Lipinski definition) is 0. The fourth-order valence-electron chi connectivity index (χ4n) is 2.85. The van der Waals surface area contributed by atoms with E-state index >= 15 is 0 Å². The smallest absolute Gasteiger partial charge is 0.197 e. The first-order valence-corrected chi connectivity index (χ1v) is 8.71. The SMILES string of the molecule is O=c1c(-c2cc3ccccc3s2)c1-c1cc2ccccc2s1. The van der Waals surface area contributed by atoms with Crippen LogP contribution in [0.15, 0.2) is 65.5 Å². The van der Waals surface area contributed by atoms with Crippen LogP contribution in [0.3, 0.4) is 0 Å². The minimum atomic E-state index is 0.207. The minimum Gasteiger partial charge on any atom is -0.288 e. The van der Waals surface area contributed by atoms with E-state index in [-0.39, 0.29) is 5.43 Å². The molecule has 104 valence electrons. The van der Waals surface area contributed by atoms with Crippen LogP contribution in [-0.4, -0.2) is 0 Å². The van der Waals surface area contributed by atoms with Crippen molar-refractivity contribution in [3.8, 4) is 20.9 Å². The van der Waals surface area contributed by atoms with E-state index in [1.165, 1.54) is 20.2 Å². The van der Waals surface area contributed by atoms with Crippen LogP contribution in [0.25, 0.3) is 41.1 Å². The molecule has 0 aliphatic carbocycles. The average molecular weight is 318 g/mol. The Labute approximate surface area is 134 Å². The van der Waals surface area contributed by atoms with E-state index < -0.39 is 0 Å². The van der Waals surface area contributed by atoms with Crippen molar-refractivity contribution < 1.29 is 0 Å². The molecule has 0 atom stereocenters. The first-order chi connectivity index (χ1) is 10.8. The van der Waals surface area contributed by atoms with Crippen molar-refractivity contribution in [1.29, 1.82) is 0 Å². The highest BCUT2D eigenvalue weighted by Crippen LogP contribution is 2.44. The largest absolute Gasteiger partial charge is 0.288 e. The Hall–Kier alpha value is -2.23. The topological polar surface area (TPSA) is 17.1 Å². The van der Waals surface area contributed by atoms with Crippen LogP contribution in [0.5, 0.6) is 0 Å². The van der Waals surface area contributed by atoms with Gasteiger partial charge in [-0.15, -0.1) is 22.7 Å². The summed E-state index contributed by atoms with van der Waals surface area (Å²) in [4.78, 5) is 14.5. The Kier molecular flexibility index (Phi) is 2.46. The lowest BCUT2D eigenvalue weighted by Crippen LogP contribution is -1.73. The van der Waals surface area contributed by atoms with Gasteiger partial charge < -0.3 is 0 Å². The summed E-state index contributed by atoms with van der Waals surface area (Å²) in [5.74, 6) is 0. The van der Waals surface area contributed by atoms with Crippen LogP contribution < -0.4 is 5.43 Å². The average Bonchev–Trinajstić information content (AvgIpc) is 2.92. The third-order valence-electron chi connectivity index (χ3n) is 3.99. The summed E-state index contributed by atoms with van der Waals surface area (Å²) in [5, 5.41) is 2.43. The summed E-state index contributed by atoms with van der Waals surface area (Å²) in [6.45, 7) is 0. The summed E-state index contributed by atoms with van der Waals surface area (Å²) in [6.07, 6.45) is 0. The predicted molar refractivity (Wildman–Crippen MR) is 96.7 cm³/mol. The molecule has 5 rings (SSSR count). The monoisotopic (exact) mass is 318 g/mol. The maximum Gasteiger partial charge on any atom is 0.197 e. The summed E-state index contributed by atoms with van der Waals surface area (Å²) in [5.41, 5.74) is 2.03. The van der Waals surface area contributed by atoms with Crippen molar-refractivity contribution >= 4 is 42.8 Å². The molecule has 5 aromatic rings. The Bertz CT molecular complexity index is 994. The van der Waals surface area contributed by atoms with E-state index in [1.807, 2.05) is 24.3 Å². The molecule has 0 saturated heterocycles. The van der Waals surface area contributed by atoms with Crippen molar-refractivity contribution in [3.05, 3.63) is 70.9 Å². The molecule has 0 unspecified atom stereocenters. The molecule has 0 radical (unpaired) electrons. The fraction of sp³-hybridized carbons (Fsp3) is 0. The van der Waals surface area contributed by atoms with Gasteiger partial charge in [0.2, 0.25) is 0 Å². The number of rotatable bonds is 2. The van der Waals surface area contributed by atoms with Crippen molar-refractivity contribution in [1.82, 2.24) is 0 Å². The first-order valence-electron chi connectivity index (χ1n) is 7.08. The summed E-state index contributed by atoms with van der Waals surface area (Å²) in [6, 6.07) is 20.8. The highest BCUT2D eigenvalue weighted by Gasteiger charge is 2.28. The van der Waals surface area contributed by atoms with E-state index in [9.17, 15) is 4.79 Å². The van der Waals surface area contributed by atoms with E-state index in [4.69, 9.17) is 0 Å². The lowest BCUT2D eigenvalue weighted by Gasteiger charge is -1.83. The van der Waals surface area contributed by atoms with Crippen molar-refractivity contribution in [3.63, 3.8) is 0 Å². The van der Waals surface area contributed by atoms with Crippen LogP contribution in [-0.2, 0) is 0 Å². The van der Waals surface area contributed by atoms with Gasteiger partial charge in [-0.05, 0) is 35.0 Å². The first kappa shape index (κ1) is 12.3. The lowest BCUT2D eigenvalue weighted by atomic mass is 10.2. The number of benzene rings is 2. The van der Waals surface area contributed by atoms with Crippen molar-refractivity contribution in [2.75, 3.05) is 0 Å². The van der Waals surface area contributed by atoms with Gasteiger partial charge in [0.1, 0.15) is 0 Å². The Morgan fingerprint density at radius 2 is 1.09 bits per heavy atom. The van der Waals surface area contributed by atoms with Gasteiger partial charge in [0.15, 0.2) is 5.43 Å². The van der Waals surface area contributed by atoms with E-state index in [0.717, 1.165) is 20.9 Å². The molecule has 1 nitrogen and oxygen atoms in total. The van der Waals surface area contributed by atoms with Crippen LogP contribution in [0.4, 0.5) is 0 Å². The number of thiophene rings is 2. The lowest BCUT2D eigenvalue weighted by molar-refractivity contribution is 1.85. The van der Waals surface area contributed by atoms with Gasteiger partial charge >= 0.3 is 0 Å². The molecule has 3 heteroatoms. The molecule has 22 heavy (non-hydrogen) atoms. The standard InChI is InChI=1S/C19H10OS2/c20-19-17(15-9-11-5-1-3-7-13(11)21-15)18(19)16-10-12-6-2-4-8-14(12)22-16/h1-10H. The second-order valence-corrected chi connectivity index (χ2v) is 7.54. The molecule has 2 aromatic heterocycles. The molecule has 3 aromatic carbocycles. The molecule has 0 bridgehead atoms. The van der Waals surface area contributed by atoms with E-state index in [2.05, 4.69) is 36.4 Å². The zero-order chi connectivity index (χ0) is 14.7. The molecule has 0 aliphatic rings. The Morgan fingerprint density at radius 1 is 0.636 bits per heavy atom. The van der Waals surface area contributed by atoms with Gasteiger partial charge in [0.25, 0.3) is 0 Å². The molecule has 0 aliphatic heterocycles. The van der Waals surface area contributed by atoms with Crippen LogP contribution in [0.2, 0.25) is 0 Å². The van der Waals surface area contributed by atoms with E-state index in [0.29, 0.717) is 0 Å². The highest BCUT2D eigenvalue weighted by molar-refractivity contribution is 7.23. The van der Waals surface area contributed by atoms with Crippen molar-refractivity contribution in [2.45, 2.75) is 0 Å². The molecule has 0 N–H and O–H groups in total.